The minimum atomic E-state index is -2.60. The van der Waals surface area contributed by atoms with Crippen LogP contribution in [0, 0.1) is 5.82 Å². The van der Waals surface area contributed by atoms with Gasteiger partial charge in [0.25, 0.3) is 11.8 Å². The van der Waals surface area contributed by atoms with Crippen LogP contribution in [0.15, 0.2) is 0 Å². The Balaban J connectivity index is 2.11. The van der Waals surface area contributed by atoms with Gasteiger partial charge >= 0.3 is 0 Å². The van der Waals surface area contributed by atoms with Crippen LogP contribution in [0.2, 0.25) is 5.21 Å². The average molecular weight is 339 g/mol. The zero-order valence-corrected chi connectivity index (χ0v) is 12.7. The lowest BCUT2D eigenvalue weighted by atomic mass is 9.49. The van der Waals surface area contributed by atoms with Crippen LogP contribution < -0.4 is 16.5 Å². The Morgan fingerprint density at radius 3 is 2.44 bits per heavy atom. The van der Waals surface area contributed by atoms with Crippen molar-refractivity contribution in [3.05, 3.63) is 16.9 Å². The van der Waals surface area contributed by atoms with Crippen LogP contribution in [0.25, 0.3) is 0 Å². The van der Waals surface area contributed by atoms with Crippen molar-refractivity contribution in [3.8, 4) is 5.75 Å². The Kier molecular flexibility index (Phi) is 3.47. The Labute approximate surface area is 144 Å². The minimum Gasteiger partial charge on any atom is -0.503 e. The van der Waals surface area contributed by atoms with Crippen LogP contribution >= 0.6 is 0 Å². The lowest BCUT2D eigenvalue weighted by Gasteiger charge is -2.44. The summed E-state index contributed by atoms with van der Waals surface area (Å²) in [5.41, 5.74) is 1.39. The SMILES string of the molecule is [B]c1c(F)c(O)c(N)c2c1C(=O)N(C1(O)CC([B])([B])C(=O)NC1=O)C2. The van der Waals surface area contributed by atoms with E-state index < -0.39 is 69.9 Å². The molecule has 2 heterocycles. The van der Waals surface area contributed by atoms with E-state index in [9.17, 15) is 29.0 Å². The standard InChI is InChI=1S/C13H9B3FN3O5/c14-5-4-3(7(18)8(21)6(5)17)1-20(9(4)22)13(25)2-12(15,16)10(23)19-11(13)24/h21,25H,1-2,18H2,(H,19,23,24). The van der Waals surface area contributed by atoms with Gasteiger partial charge in [-0.15, -0.1) is 0 Å². The first-order valence-electron chi connectivity index (χ1n) is 6.98. The summed E-state index contributed by atoms with van der Waals surface area (Å²) in [5.74, 6) is -5.54. The molecule has 2 aliphatic rings. The summed E-state index contributed by atoms with van der Waals surface area (Å²) in [4.78, 5) is 37.0. The number of phenolic OH excluding ortho intramolecular Hbond substituents is 1. The lowest BCUT2D eigenvalue weighted by molar-refractivity contribution is -0.169. The Morgan fingerprint density at radius 2 is 1.84 bits per heavy atom. The van der Waals surface area contributed by atoms with Gasteiger partial charge in [-0.25, -0.2) is 4.39 Å². The number of nitrogens with zero attached hydrogens (tertiary/aromatic N) is 1. The molecule has 3 rings (SSSR count). The largest absolute Gasteiger partial charge is 0.503 e. The number of amides is 3. The van der Waals surface area contributed by atoms with E-state index in [2.05, 4.69) is 0 Å². The van der Waals surface area contributed by atoms with E-state index in [4.69, 9.17) is 29.3 Å². The number of nitrogens with two attached hydrogens (primary N) is 1. The number of benzene rings is 1. The van der Waals surface area contributed by atoms with Crippen molar-refractivity contribution in [1.29, 1.82) is 0 Å². The van der Waals surface area contributed by atoms with E-state index in [1.807, 2.05) is 0 Å². The summed E-state index contributed by atoms with van der Waals surface area (Å²) < 4.78 is 13.9. The number of rotatable bonds is 1. The van der Waals surface area contributed by atoms with Crippen molar-refractivity contribution in [3.63, 3.8) is 0 Å². The molecule has 1 unspecified atom stereocenters. The quantitative estimate of drug-likeness (QED) is 0.187. The van der Waals surface area contributed by atoms with Crippen LogP contribution in [0.3, 0.4) is 0 Å². The summed E-state index contributed by atoms with van der Waals surface area (Å²) >= 11 is 0. The highest BCUT2D eigenvalue weighted by Gasteiger charge is 2.56. The zero-order valence-electron chi connectivity index (χ0n) is 12.7. The number of piperidine rings is 1. The first kappa shape index (κ1) is 17.3. The maximum absolute atomic E-state index is 13.9. The smallest absolute Gasteiger partial charge is 0.279 e. The van der Waals surface area contributed by atoms with Crippen molar-refractivity contribution in [2.45, 2.75) is 23.9 Å². The zero-order chi connectivity index (χ0) is 18.9. The molecule has 8 nitrogen and oxygen atoms in total. The number of phenols is 1. The number of imide groups is 1. The van der Waals surface area contributed by atoms with E-state index >= 15 is 0 Å². The Hall–Kier alpha value is -2.49. The first-order chi connectivity index (χ1) is 11.4. The number of nitrogen functional groups attached to an aromatic ring is 1. The van der Waals surface area contributed by atoms with E-state index in [0.717, 1.165) is 0 Å². The fraction of sp³-hybridized carbons (Fsp3) is 0.308. The Morgan fingerprint density at radius 1 is 1.24 bits per heavy atom. The van der Waals surface area contributed by atoms with Gasteiger partial charge in [0.05, 0.1) is 27.9 Å². The van der Waals surface area contributed by atoms with E-state index in [-0.39, 0.29) is 5.56 Å². The number of hydrogen-bond donors (Lipinski definition) is 4. The van der Waals surface area contributed by atoms with Crippen molar-refractivity contribution < 1.29 is 29.0 Å². The molecule has 1 aromatic rings. The van der Waals surface area contributed by atoms with E-state index in [1.165, 1.54) is 0 Å². The van der Waals surface area contributed by atoms with Gasteiger partial charge in [0.15, 0.2) is 11.6 Å². The van der Waals surface area contributed by atoms with E-state index in [0.29, 0.717) is 4.90 Å². The summed E-state index contributed by atoms with van der Waals surface area (Å²) in [5, 5.41) is 20.0. The van der Waals surface area contributed by atoms with Crippen LogP contribution in [-0.4, -0.2) is 62.1 Å². The summed E-state index contributed by atoms with van der Waals surface area (Å²) in [6.07, 6.45) is -0.807. The van der Waals surface area contributed by atoms with Gasteiger partial charge in [-0.3, -0.25) is 24.6 Å². The molecule has 12 heteroatoms. The molecule has 1 saturated heterocycles. The predicted molar refractivity (Wildman–Crippen MR) is 84.7 cm³/mol. The molecular formula is C13H9B3FN3O5. The molecule has 2 aliphatic heterocycles. The van der Waals surface area contributed by atoms with Gasteiger partial charge in [-0.1, -0.05) is 0 Å². The highest BCUT2D eigenvalue weighted by Crippen LogP contribution is 2.42. The third kappa shape index (κ3) is 2.17. The number of nitrogens with one attached hydrogen (secondary N) is 1. The van der Waals surface area contributed by atoms with Gasteiger partial charge in [-0.05, 0) is 10.7 Å². The molecule has 0 saturated carbocycles. The number of carbonyl (C=O) groups is 3. The van der Waals surface area contributed by atoms with Crippen molar-refractivity contribution >= 4 is 52.4 Å². The fourth-order valence-corrected chi connectivity index (χ4v) is 2.97. The maximum Gasteiger partial charge on any atom is 0.279 e. The Bertz CT molecular complexity index is 862. The van der Waals surface area contributed by atoms with Crippen LogP contribution in [0.5, 0.6) is 5.75 Å². The summed E-state index contributed by atoms with van der Waals surface area (Å²) in [7, 11) is 16.6. The number of aromatic hydroxyl groups is 1. The number of fused-ring (bicyclic) bond motifs is 1. The number of carbonyl (C=O) groups excluding carboxylic acids is 3. The summed E-state index contributed by atoms with van der Waals surface area (Å²) in [6, 6.07) is 0. The van der Waals surface area contributed by atoms with Crippen LogP contribution in [-0.2, 0) is 16.1 Å². The molecule has 0 spiro atoms. The highest BCUT2D eigenvalue weighted by molar-refractivity contribution is 6.52. The second kappa shape index (κ2) is 5.01. The van der Waals surface area contributed by atoms with Gasteiger partial charge in [0.2, 0.25) is 11.6 Å². The number of hydrogen-bond acceptors (Lipinski definition) is 6. The molecule has 1 fully saturated rings. The number of halogens is 1. The second-order valence-corrected chi connectivity index (χ2v) is 6.05. The van der Waals surface area contributed by atoms with Crippen molar-refractivity contribution in [2.24, 2.45) is 0 Å². The topological polar surface area (TPSA) is 133 Å². The molecule has 1 atom stereocenters. The molecule has 0 aliphatic carbocycles. The molecule has 5 N–H and O–H groups in total. The molecule has 0 bridgehead atoms. The van der Waals surface area contributed by atoms with Crippen molar-refractivity contribution in [2.75, 3.05) is 5.73 Å². The minimum absolute atomic E-state index is 0.0702. The second-order valence-electron chi connectivity index (χ2n) is 6.05. The third-order valence-electron chi connectivity index (χ3n) is 4.37. The van der Waals surface area contributed by atoms with Gasteiger partial charge in [0.1, 0.15) is 7.85 Å². The molecule has 6 radical (unpaired) electrons. The van der Waals surface area contributed by atoms with Gasteiger partial charge in [-0.2, -0.15) is 0 Å². The first-order valence-corrected chi connectivity index (χ1v) is 6.98. The van der Waals surface area contributed by atoms with Crippen molar-refractivity contribution in [1.82, 2.24) is 10.2 Å². The van der Waals surface area contributed by atoms with Crippen LogP contribution in [0.1, 0.15) is 22.3 Å². The van der Waals surface area contributed by atoms with Gasteiger partial charge in [0, 0.05) is 17.5 Å². The number of anilines is 1. The average Bonchev–Trinajstić information content (AvgIpc) is 2.87. The molecule has 3 amide bonds. The monoisotopic (exact) mass is 339 g/mol. The molecular weight excluding hydrogens is 330 g/mol. The number of aliphatic hydroxyl groups is 1. The highest BCUT2D eigenvalue weighted by atomic mass is 19.1. The predicted octanol–water partition coefficient (Wildman–Crippen LogP) is -2.95. The third-order valence-corrected chi connectivity index (χ3v) is 4.37. The molecule has 122 valence electrons. The van der Waals surface area contributed by atoms with Gasteiger partial charge < -0.3 is 15.9 Å². The molecule has 1 aromatic carbocycles. The van der Waals surface area contributed by atoms with E-state index in [1.54, 1.807) is 5.32 Å². The molecule has 0 aromatic heterocycles. The maximum atomic E-state index is 13.9. The summed E-state index contributed by atoms with van der Waals surface area (Å²) in [6.45, 7) is -0.480. The molecule has 25 heavy (non-hydrogen) atoms. The lowest BCUT2D eigenvalue weighted by Crippen LogP contribution is -2.67. The normalized spacial score (nSPS) is 25.0. The fourth-order valence-electron chi connectivity index (χ4n) is 2.97. The van der Waals surface area contributed by atoms with Crippen LogP contribution in [0.4, 0.5) is 10.1 Å².